The topological polar surface area (TPSA) is 157 Å². The Morgan fingerprint density at radius 1 is 0.574 bits per heavy atom. The average molecular weight is 836 g/mol. The van der Waals surface area contributed by atoms with Gasteiger partial charge in [-0.2, -0.15) is 36.5 Å². The number of fused-ring (bicyclic) bond motifs is 4. The molecule has 10 rings (SSSR count). The first kappa shape index (κ1) is 40.4. The molecular weight excluding hydrogens is 805 g/mol. The largest absolute Gasteiger partial charge is 0.433 e. The van der Waals surface area contributed by atoms with Crippen molar-refractivity contribution >= 4 is 33.3 Å². The summed E-state index contributed by atoms with van der Waals surface area (Å²) in [5.41, 5.74) is 5.74. The molecule has 2 aliphatic rings. The van der Waals surface area contributed by atoms with Crippen LogP contribution in [0.4, 0.5) is 26.3 Å². The standard InChI is InChI=1S/C21H14F3N5O.C21H13F3N4O.CH4O/c22-21(23,24)18-2-1-3-19(27-18)29-17-10-13(4-5-14(17)11-25-29)15-8-6-12-7-9-16(28-30)20(12)26-15;22-21(23,24)18-2-1-3-19(27-18)28-16-10-13(4-5-14(16)11-25-28)15-8-6-12-7-9-17(29)20(12)26-15;1-2/h1-6,8,10-11,30H,7,9H2;1-6,8,10-11H,7,9H2;2H,1H3. The number of hydrogen-bond acceptors (Lipinski definition) is 10. The molecule has 2 N–H and O–H groups in total. The van der Waals surface area contributed by atoms with Crippen molar-refractivity contribution in [3.8, 4) is 34.2 Å². The third-order valence-corrected chi connectivity index (χ3v) is 10.1. The zero-order valence-electron chi connectivity index (χ0n) is 31.8. The molecule has 0 spiro atoms. The van der Waals surface area contributed by atoms with Gasteiger partial charge in [-0.3, -0.25) is 4.79 Å². The number of nitrogens with zero attached hydrogens (tertiary/aromatic N) is 9. The monoisotopic (exact) mass is 835 g/mol. The molecule has 8 aromatic rings. The van der Waals surface area contributed by atoms with E-state index in [9.17, 15) is 36.3 Å². The highest BCUT2D eigenvalue weighted by Gasteiger charge is 2.34. The number of ketones is 1. The number of aromatic nitrogens is 8. The molecule has 0 fully saturated rings. The molecule has 0 amide bonds. The van der Waals surface area contributed by atoms with Crippen molar-refractivity contribution < 1.29 is 41.5 Å². The van der Waals surface area contributed by atoms with Crippen molar-refractivity contribution in [1.29, 1.82) is 0 Å². The first-order valence-corrected chi connectivity index (χ1v) is 18.6. The van der Waals surface area contributed by atoms with Crippen LogP contribution in [0.25, 0.3) is 56.0 Å². The summed E-state index contributed by atoms with van der Waals surface area (Å²) in [5.74, 6) is 0.179. The van der Waals surface area contributed by atoms with Gasteiger partial charge in [0.05, 0.1) is 40.5 Å². The van der Waals surface area contributed by atoms with Crippen molar-refractivity contribution in [3.05, 3.63) is 143 Å². The highest BCUT2D eigenvalue weighted by Crippen LogP contribution is 2.33. The Labute approximate surface area is 341 Å². The van der Waals surface area contributed by atoms with Gasteiger partial charge in [0.2, 0.25) is 0 Å². The SMILES string of the molecule is CO.O=C1CCc2ccc(-c3ccc4cnn(-c5cccc(C(F)(F)F)n5)c4c3)nc21.ON=C1CCc2ccc(-c3ccc4cnn(-c5cccc(C(F)(F)F)n5)c4c3)nc21. The summed E-state index contributed by atoms with van der Waals surface area (Å²) in [5, 5.41) is 29.4. The number of carbonyl (C=O) groups excluding carboxylic acids is 1. The fraction of sp³-hybridized carbons (Fsp3) is 0.163. The quantitative estimate of drug-likeness (QED) is 0.100. The van der Waals surface area contributed by atoms with E-state index in [4.69, 9.17) is 5.11 Å². The van der Waals surface area contributed by atoms with Gasteiger partial charge in [-0.25, -0.2) is 29.3 Å². The molecule has 0 unspecified atom stereocenters. The van der Waals surface area contributed by atoms with Crippen molar-refractivity contribution in [2.45, 2.75) is 38.0 Å². The van der Waals surface area contributed by atoms with E-state index < -0.39 is 23.7 Å². The van der Waals surface area contributed by atoms with Crippen LogP contribution in [0.3, 0.4) is 0 Å². The summed E-state index contributed by atoms with van der Waals surface area (Å²) in [6.45, 7) is 0. The number of hydrogen-bond donors (Lipinski definition) is 2. The van der Waals surface area contributed by atoms with Crippen LogP contribution in [-0.2, 0) is 25.2 Å². The van der Waals surface area contributed by atoms with E-state index >= 15 is 0 Å². The van der Waals surface area contributed by atoms with Gasteiger partial charge in [0, 0.05) is 35.4 Å². The fourth-order valence-corrected chi connectivity index (χ4v) is 7.15. The zero-order chi connectivity index (χ0) is 43.1. The maximum atomic E-state index is 13.1. The molecule has 308 valence electrons. The molecule has 2 aliphatic carbocycles. The normalized spacial score (nSPS) is 14.1. The Morgan fingerprint density at radius 3 is 1.54 bits per heavy atom. The molecule has 0 saturated carbocycles. The van der Waals surface area contributed by atoms with Crippen LogP contribution in [0.2, 0.25) is 0 Å². The van der Waals surface area contributed by atoms with Gasteiger partial charge in [0.25, 0.3) is 0 Å². The van der Waals surface area contributed by atoms with Crippen LogP contribution < -0.4 is 0 Å². The lowest BCUT2D eigenvalue weighted by Crippen LogP contribution is -2.10. The predicted molar refractivity (Wildman–Crippen MR) is 212 cm³/mol. The van der Waals surface area contributed by atoms with Gasteiger partial charge >= 0.3 is 12.4 Å². The second kappa shape index (κ2) is 16.0. The van der Waals surface area contributed by atoms with Gasteiger partial charge in [-0.15, -0.1) is 0 Å². The average Bonchev–Trinajstić information content (AvgIpc) is 4.08. The molecule has 0 atom stereocenters. The third-order valence-electron chi connectivity index (χ3n) is 10.1. The number of carbonyl (C=O) groups is 1. The number of pyridine rings is 4. The number of aliphatic hydroxyl groups is 1. The van der Waals surface area contributed by atoms with E-state index in [2.05, 4.69) is 35.3 Å². The van der Waals surface area contributed by atoms with Crippen LogP contribution >= 0.6 is 0 Å². The lowest BCUT2D eigenvalue weighted by molar-refractivity contribution is -0.141. The third kappa shape index (κ3) is 7.92. The Morgan fingerprint density at radius 2 is 1.05 bits per heavy atom. The Kier molecular flexibility index (Phi) is 10.6. The summed E-state index contributed by atoms with van der Waals surface area (Å²) in [4.78, 5) is 28.6. The predicted octanol–water partition coefficient (Wildman–Crippen LogP) is 8.86. The number of halogens is 6. The van der Waals surface area contributed by atoms with E-state index in [0.29, 0.717) is 58.8 Å². The maximum Gasteiger partial charge on any atom is 0.433 e. The Hall–Kier alpha value is -7.34. The minimum Gasteiger partial charge on any atom is -0.411 e. The highest BCUT2D eigenvalue weighted by molar-refractivity contribution is 6.03. The fourth-order valence-electron chi connectivity index (χ4n) is 7.15. The van der Waals surface area contributed by atoms with Crippen LogP contribution in [0.15, 0.2) is 115 Å². The number of rotatable bonds is 4. The number of oxime groups is 1. The zero-order valence-corrected chi connectivity index (χ0v) is 31.8. The Bertz CT molecular complexity index is 2990. The molecule has 0 radical (unpaired) electrons. The lowest BCUT2D eigenvalue weighted by Gasteiger charge is -2.09. The van der Waals surface area contributed by atoms with E-state index in [0.717, 1.165) is 58.7 Å². The molecule has 18 heteroatoms. The first-order valence-electron chi connectivity index (χ1n) is 18.6. The second-order valence-corrected chi connectivity index (χ2v) is 13.8. The number of alkyl halides is 6. The van der Waals surface area contributed by atoms with Crippen molar-refractivity contribution in [2.75, 3.05) is 7.11 Å². The van der Waals surface area contributed by atoms with Crippen molar-refractivity contribution in [2.24, 2.45) is 5.16 Å². The molecule has 61 heavy (non-hydrogen) atoms. The van der Waals surface area contributed by atoms with Crippen LogP contribution in [-0.4, -0.2) is 68.4 Å². The smallest absolute Gasteiger partial charge is 0.411 e. The van der Waals surface area contributed by atoms with E-state index in [1.165, 1.54) is 33.6 Å². The summed E-state index contributed by atoms with van der Waals surface area (Å²) in [7, 11) is 1.00. The molecule has 0 aliphatic heterocycles. The number of Topliss-reactive ketones (excluding diaryl/α,β-unsaturated/α-hetero) is 1. The minimum absolute atomic E-state index is 0.0288. The van der Waals surface area contributed by atoms with Crippen molar-refractivity contribution in [1.82, 2.24) is 39.5 Å². The van der Waals surface area contributed by atoms with Gasteiger partial charge in [-0.05, 0) is 78.9 Å². The lowest BCUT2D eigenvalue weighted by atomic mass is 10.1. The molecule has 6 heterocycles. The van der Waals surface area contributed by atoms with Gasteiger partial charge in [0.1, 0.15) is 22.8 Å². The van der Waals surface area contributed by atoms with E-state index in [-0.39, 0.29) is 17.4 Å². The van der Waals surface area contributed by atoms with E-state index in [1.54, 1.807) is 18.5 Å². The molecular formula is C43H31F6N9O3. The maximum absolute atomic E-state index is 13.1. The molecule has 2 aromatic carbocycles. The highest BCUT2D eigenvalue weighted by atomic mass is 19.4. The molecule has 6 aromatic heterocycles. The summed E-state index contributed by atoms with van der Waals surface area (Å²) in [6.07, 6.45) is -3.35. The molecule has 0 bridgehead atoms. The van der Waals surface area contributed by atoms with Crippen LogP contribution in [0, 0.1) is 0 Å². The molecule has 0 saturated heterocycles. The Balaban J connectivity index is 0.000000162. The summed E-state index contributed by atoms with van der Waals surface area (Å²) in [6, 6.07) is 26.0. The van der Waals surface area contributed by atoms with Gasteiger partial charge < -0.3 is 10.3 Å². The number of aryl methyl sites for hydroxylation is 2. The van der Waals surface area contributed by atoms with Gasteiger partial charge in [-0.1, -0.05) is 53.7 Å². The molecule has 12 nitrogen and oxygen atoms in total. The van der Waals surface area contributed by atoms with Crippen LogP contribution in [0.5, 0.6) is 0 Å². The van der Waals surface area contributed by atoms with E-state index in [1.807, 2.05) is 54.6 Å². The first-order chi connectivity index (χ1) is 29.3. The summed E-state index contributed by atoms with van der Waals surface area (Å²) < 4.78 is 81.0. The van der Waals surface area contributed by atoms with Crippen molar-refractivity contribution in [3.63, 3.8) is 0 Å². The number of benzene rings is 2. The summed E-state index contributed by atoms with van der Waals surface area (Å²) >= 11 is 0. The second-order valence-electron chi connectivity index (χ2n) is 13.8. The van der Waals surface area contributed by atoms with Gasteiger partial charge in [0.15, 0.2) is 17.4 Å². The number of aliphatic hydroxyl groups excluding tert-OH is 1. The van der Waals surface area contributed by atoms with Crippen LogP contribution in [0.1, 0.15) is 51.5 Å². The minimum atomic E-state index is -4.54.